The van der Waals surface area contributed by atoms with E-state index in [1.807, 2.05) is 36.9 Å². The smallest absolute Gasteiger partial charge is 0.329 e. The average Bonchev–Trinajstić information content (AvgIpc) is 2.98. The van der Waals surface area contributed by atoms with Crippen LogP contribution in [-0.4, -0.2) is 51.2 Å². The number of rotatable bonds is 7. The number of imidazole rings is 1. The molecule has 0 aliphatic heterocycles. The molecule has 3 rings (SSSR count). The number of likely N-dealkylation sites (N-methyl/N-ethyl adjacent to an activating group) is 1. The fourth-order valence-electron chi connectivity index (χ4n) is 2.86. The molecule has 8 heteroatoms. The molecule has 0 saturated carbocycles. The molecule has 0 aliphatic rings. The third-order valence-corrected chi connectivity index (χ3v) is 4.32. The van der Waals surface area contributed by atoms with Gasteiger partial charge in [-0.05, 0) is 26.1 Å². The van der Waals surface area contributed by atoms with Gasteiger partial charge in [0.1, 0.15) is 0 Å². The molecule has 0 unspecified atom stereocenters. The number of anilines is 1. The van der Waals surface area contributed by atoms with Gasteiger partial charge in [0, 0.05) is 26.7 Å². The van der Waals surface area contributed by atoms with E-state index in [2.05, 4.69) is 32.3 Å². The maximum absolute atomic E-state index is 12.4. The Kier molecular flexibility index (Phi) is 5.22. The fourth-order valence-corrected chi connectivity index (χ4v) is 2.86. The Morgan fingerprint density at radius 3 is 2.62 bits per heavy atom. The fraction of sp³-hybridized carbons (Fsp3) is 0.389. The van der Waals surface area contributed by atoms with Crippen molar-refractivity contribution in [3.63, 3.8) is 0 Å². The highest BCUT2D eigenvalue weighted by Crippen LogP contribution is 2.16. The van der Waals surface area contributed by atoms with E-state index >= 15 is 0 Å². The van der Waals surface area contributed by atoms with Crippen LogP contribution in [0.1, 0.15) is 5.56 Å². The van der Waals surface area contributed by atoms with E-state index in [1.54, 1.807) is 7.05 Å². The first-order valence-corrected chi connectivity index (χ1v) is 8.59. The predicted molar refractivity (Wildman–Crippen MR) is 103 cm³/mol. The molecule has 0 radical (unpaired) electrons. The standard InChI is InChI=1S/C18H24N6O2/c1-22(2)12-10-19-17-20-15-14(16(25)21-18(26)23(15)3)24(17)11-9-13-7-5-4-6-8-13/h4-8H,9-12H2,1-3H3,(H,19,20)(H,21,25,26). The van der Waals surface area contributed by atoms with Gasteiger partial charge in [-0.1, -0.05) is 30.3 Å². The lowest BCUT2D eigenvalue weighted by atomic mass is 10.1. The highest BCUT2D eigenvalue weighted by molar-refractivity contribution is 5.74. The largest absolute Gasteiger partial charge is 0.354 e. The molecule has 2 N–H and O–H groups in total. The van der Waals surface area contributed by atoms with E-state index in [4.69, 9.17) is 0 Å². The summed E-state index contributed by atoms with van der Waals surface area (Å²) >= 11 is 0. The van der Waals surface area contributed by atoms with Crippen molar-refractivity contribution in [3.05, 3.63) is 56.7 Å². The summed E-state index contributed by atoms with van der Waals surface area (Å²) in [5, 5.41) is 3.29. The Labute approximate surface area is 151 Å². The van der Waals surface area contributed by atoms with Gasteiger partial charge in [0.2, 0.25) is 5.95 Å². The second kappa shape index (κ2) is 7.57. The monoisotopic (exact) mass is 356 g/mol. The molecule has 3 aromatic rings. The van der Waals surface area contributed by atoms with Crippen molar-refractivity contribution in [2.45, 2.75) is 13.0 Å². The van der Waals surface area contributed by atoms with Crippen molar-refractivity contribution >= 4 is 17.1 Å². The van der Waals surface area contributed by atoms with Crippen molar-refractivity contribution < 1.29 is 0 Å². The molecule has 0 atom stereocenters. The van der Waals surface area contributed by atoms with Gasteiger partial charge >= 0.3 is 5.69 Å². The highest BCUT2D eigenvalue weighted by Gasteiger charge is 2.17. The third kappa shape index (κ3) is 3.70. The highest BCUT2D eigenvalue weighted by atomic mass is 16.2. The lowest BCUT2D eigenvalue weighted by molar-refractivity contribution is 0.424. The molecular weight excluding hydrogens is 332 g/mol. The summed E-state index contributed by atoms with van der Waals surface area (Å²) in [4.78, 5) is 33.2. The first-order valence-electron chi connectivity index (χ1n) is 8.59. The SMILES string of the molecule is CN(C)CCNc1nc2c(c(=O)[nH]c(=O)n2C)n1CCc1ccccc1. The predicted octanol–water partition coefficient (Wildman–Crippen LogP) is 0.640. The van der Waals surface area contributed by atoms with Crippen LogP contribution >= 0.6 is 0 Å². The van der Waals surface area contributed by atoms with Crippen molar-refractivity contribution in [2.24, 2.45) is 7.05 Å². The van der Waals surface area contributed by atoms with Gasteiger partial charge in [0.05, 0.1) is 0 Å². The van der Waals surface area contributed by atoms with E-state index in [9.17, 15) is 9.59 Å². The van der Waals surface area contributed by atoms with Gasteiger partial charge in [-0.15, -0.1) is 0 Å². The molecule has 0 spiro atoms. The van der Waals surface area contributed by atoms with Crippen LogP contribution in [-0.2, 0) is 20.0 Å². The summed E-state index contributed by atoms with van der Waals surface area (Å²) in [7, 11) is 5.60. The summed E-state index contributed by atoms with van der Waals surface area (Å²) in [6, 6.07) is 10.1. The maximum Gasteiger partial charge on any atom is 0.329 e. The number of hydrogen-bond donors (Lipinski definition) is 2. The Balaban J connectivity index is 2.00. The number of hydrogen-bond acceptors (Lipinski definition) is 5. The van der Waals surface area contributed by atoms with Crippen LogP contribution in [0, 0.1) is 0 Å². The molecule has 26 heavy (non-hydrogen) atoms. The number of fused-ring (bicyclic) bond motifs is 1. The molecule has 0 fully saturated rings. The van der Waals surface area contributed by atoms with Crippen LogP contribution in [0.2, 0.25) is 0 Å². The maximum atomic E-state index is 12.4. The van der Waals surface area contributed by atoms with Crippen LogP contribution in [0.15, 0.2) is 39.9 Å². The summed E-state index contributed by atoms with van der Waals surface area (Å²) in [5.74, 6) is 0.601. The molecule has 0 amide bonds. The van der Waals surface area contributed by atoms with E-state index < -0.39 is 11.2 Å². The summed E-state index contributed by atoms with van der Waals surface area (Å²) in [5.41, 5.74) is 1.10. The van der Waals surface area contributed by atoms with E-state index in [-0.39, 0.29) is 0 Å². The van der Waals surface area contributed by atoms with Crippen molar-refractivity contribution in [2.75, 3.05) is 32.5 Å². The normalized spacial score (nSPS) is 11.4. The Hall–Kier alpha value is -2.87. The number of benzene rings is 1. The quantitative estimate of drug-likeness (QED) is 0.649. The minimum atomic E-state index is -0.463. The number of aromatic amines is 1. The minimum absolute atomic E-state index is 0.388. The Morgan fingerprint density at radius 2 is 1.92 bits per heavy atom. The molecule has 1 aromatic carbocycles. The summed E-state index contributed by atoms with van der Waals surface area (Å²) < 4.78 is 3.23. The van der Waals surface area contributed by atoms with Crippen molar-refractivity contribution in [1.29, 1.82) is 0 Å². The molecule has 2 heterocycles. The number of aryl methyl sites for hydroxylation is 3. The lowest BCUT2D eigenvalue weighted by Gasteiger charge is -2.13. The molecule has 0 aliphatic carbocycles. The molecular formula is C18H24N6O2. The molecule has 2 aromatic heterocycles. The molecule has 0 saturated heterocycles. The summed E-state index contributed by atoms with van der Waals surface area (Å²) in [6.45, 7) is 2.11. The van der Waals surface area contributed by atoms with Gasteiger partial charge in [0.25, 0.3) is 5.56 Å². The summed E-state index contributed by atoms with van der Waals surface area (Å²) in [6.07, 6.45) is 0.761. The zero-order chi connectivity index (χ0) is 18.7. The first kappa shape index (κ1) is 17.9. The molecule has 0 bridgehead atoms. The van der Waals surface area contributed by atoms with E-state index in [0.29, 0.717) is 30.2 Å². The molecule has 8 nitrogen and oxygen atoms in total. The van der Waals surface area contributed by atoms with Crippen LogP contribution < -0.4 is 16.6 Å². The third-order valence-electron chi connectivity index (χ3n) is 4.32. The second-order valence-corrected chi connectivity index (χ2v) is 6.54. The van der Waals surface area contributed by atoms with E-state index in [0.717, 1.165) is 13.0 Å². The zero-order valence-electron chi connectivity index (χ0n) is 15.3. The van der Waals surface area contributed by atoms with Crippen molar-refractivity contribution in [1.82, 2.24) is 24.0 Å². The van der Waals surface area contributed by atoms with Crippen LogP contribution in [0.25, 0.3) is 11.2 Å². The Bertz CT molecular complexity index is 1000. The lowest BCUT2D eigenvalue weighted by Crippen LogP contribution is -2.29. The van der Waals surface area contributed by atoms with Gasteiger partial charge in [0.15, 0.2) is 11.2 Å². The zero-order valence-corrected chi connectivity index (χ0v) is 15.3. The van der Waals surface area contributed by atoms with Gasteiger partial charge in [-0.3, -0.25) is 14.3 Å². The second-order valence-electron chi connectivity index (χ2n) is 6.54. The number of aromatic nitrogens is 4. The topological polar surface area (TPSA) is 88.0 Å². The molecule has 138 valence electrons. The van der Waals surface area contributed by atoms with Crippen LogP contribution in [0.5, 0.6) is 0 Å². The van der Waals surface area contributed by atoms with Crippen LogP contribution in [0.4, 0.5) is 5.95 Å². The number of nitrogens with one attached hydrogen (secondary N) is 2. The van der Waals surface area contributed by atoms with E-state index in [1.165, 1.54) is 10.1 Å². The first-order chi connectivity index (χ1) is 12.5. The number of nitrogens with zero attached hydrogens (tertiary/aromatic N) is 4. The van der Waals surface area contributed by atoms with Gasteiger partial charge in [-0.2, -0.15) is 4.98 Å². The number of H-pyrrole nitrogens is 1. The average molecular weight is 356 g/mol. The van der Waals surface area contributed by atoms with Crippen molar-refractivity contribution in [3.8, 4) is 0 Å². The Morgan fingerprint density at radius 1 is 1.19 bits per heavy atom. The van der Waals surface area contributed by atoms with Gasteiger partial charge in [-0.25, -0.2) is 4.79 Å². The minimum Gasteiger partial charge on any atom is -0.354 e. The van der Waals surface area contributed by atoms with Gasteiger partial charge < -0.3 is 14.8 Å². The van der Waals surface area contributed by atoms with Crippen LogP contribution in [0.3, 0.4) is 0 Å².